The molecular weight excluding hydrogens is 260 g/mol. The fraction of sp³-hybridized carbons (Fsp3) is 0.273. The molecule has 1 aromatic rings. The maximum absolute atomic E-state index is 11.7. The number of rotatable bonds is 4. The third-order valence-electron chi connectivity index (χ3n) is 2.18. The summed E-state index contributed by atoms with van der Waals surface area (Å²) in [5, 5.41) is 0.352. The van der Waals surface area contributed by atoms with E-state index in [1.807, 2.05) is 6.92 Å². The summed E-state index contributed by atoms with van der Waals surface area (Å²) >= 11 is 6.11. The highest BCUT2D eigenvalue weighted by Crippen LogP contribution is 2.30. The van der Waals surface area contributed by atoms with E-state index in [-0.39, 0.29) is 0 Å². The van der Waals surface area contributed by atoms with Gasteiger partial charge < -0.3 is 0 Å². The second-order valence-corrected chi connectivity index (χ2v) is 6.10. The van der Waals surface area contributed by atoms with Gasteiger partial charge in [-0.25, -0.2) is 0 Å². The van der Waals surface area contributed by atoms with Crippen molar-refractivity contribution in [3.8, 4) is 0 Å². The summed E-state index contributed by atoms with van der Waals surface area (Å²) in [5.41, 5.74) is 1.85. The van der Waals surface area contributed by atoms with Crippen molar-refractivity contribution in [3.05, 3.63) is 35.4 Å². The second-order valence-electron chi connectivity index (χ2n) is 3.84. The minimum atomic E-state index is -3.55. The molecule has 0 bridgehead atoms. The first kappa shape index (κ1) is 14.0. The van der Waals surface area contributed by atoms with Crippen LogP contribution in [0.3, 0.4) is 0 Å². The molecule has 0 aliphatic carbocycles. The Morgan fingerprint density at radius 3 is 2.47 bits per heavy atom. The Hall–Kier alpha value is -1.04. The highest BCUT2D eigenvalue weighted by Gasteiger charge is 2.16. The van der Waals surface area contributed by atoms with Crippen LogP contribution in [0.25, 0.3) is 5.57 Å². The molecule has 1 aromatic carbocycles. The van der Waals surface area contributed by atoms with E-state index in [0.29, 0.717) is 10.7 Å². The van der Waals surface area contributed by atoms with E-state index >= 15 is 0 Å². The summed E-state index contributed by atoms with van der Waals surface area (Å²) in [6.45, 7) is 5.60. The summed E-state index contributed by atoms with van der Waals surface area (Å²) in [4.78, 5) is 0. The molecule has 0 radical (unpaired) electrons. The third kappa shape index (κ3) is 3.21. The van der Waals surface area contributed by atoms with Gasteiger partial charge in [-0.1, -0.05) is 30.3 Å². The SMILES string of the molecule is C=C(C)c1cccc(NS(=O)(=O)N(C)C)c1Cl. The van der Waals surface area contributed by atoms with Crippen LogP contribution in [-0.2, 0) is 10.2 Å². The summed E-state index contributed by atoms with van der Waals surface area (Å²) in [7, 11) is -0.660. The predicted octanol–water partition coefficient (Wildman–Crippen LogP) is 2.59. The van der Waals surface area contributed by atoms with Gasteiger partial charge in [0, 0.05) is 14.1 Å². The maximum atomic E-state index is 11.7. The van der Waals surface area contributed by atoms with Gasteiger partial charge in [0.1, 0.15) is 0 Å². The van der Waals surface area contributed by atoms with Crippen molar-refractivity contribution < 1.29 is 8.42 Å². The van der Waals surface area contributed by atoms with Crippen molar-refractivity contribution in [3.63, 3.8) is 0 Å². The zero-order valence-corrected chi connectivity index (χ0v) is 11.6. The van der Waals surface area contributed by atoms with Crippen molar-refractivity contribution in [2.24, 2.45) is 0 Å². The highest BCUT2D eigenvalue weighted by atomic mass is 35.5. The van der Waals surface area contributed by atoms with Crippen LogP contribution < -0.4 is 4.72 Å². The molecule has 0 amide bonds. The second kappa shape index (κ2) is 5.08. The van der Waals surface area contributed by atoms with E-state index in [2.05, 4.69) is 11.3 Å². The number of halogens is 1. The molecule has 94 valence electrons. The summed E-state index contributed by atoms with van der Waals surface area (Å²) in [6.07, 6.45) is 0. The lowest BCUT2D eigenvalue weighted by atomic mass is 10.1. The third-order valence-corrected chi connectivity index (χ3v) is 4.02. The van der Waals surface area contributed by atoms with Crippen LogP contribution in [0.5, 0.6) is 0 Å². The first-order chi connectivity index (χ1) is 7.75. The van der Waals surface area contributed by atoms with Crippen LogP contribution in [-0.4, -0.2) is 26.8 Å². The van der Waals surface area contributed by atoms with E-state index < -0.39 is 10.2 Å². The molecule has 1 N–H and O–H groups in total. The minimum absolute atomic E-state index is 0.348. The Labute approximate surface area is 107 Å². The fourth-order valence-electron chi connectivity index (χ4n) is 1.17. The molecule has 0 aliphatic heterocycles. The van der Waals surface area contributed by atoms with E-state index in [9.17, 15) is 8.42 Å². The molecule has 0 saturated carbocycles. The van der Waals surface area contributed by atoms with Gasteiger partial charge >= 0.3 is 10.2 Å². The summed E-state index contributed by atoms with van der Waals surface area (Å²) < 4.78 is 26.8. The number of hydrogen-bond donors (Lipinski definition) is 1. The van der Waals surface area contributed by atoms with E-state index in [1.165, 1.54) is 14.1 Å². The Morgan fingerprint density at radius 2 is 2.00 bits per heavy atom. The minimum Gasteiger partial charge on any atom is -0.269 e. The Balaban J connectivity index is 3.18. The average molecular weight is 275 g/mol. The van der Waals surface area contributed by atoms with Gasteiger partial charge in [-0.15, -0.1) is 0 Å². The van der Waals surface area contributed by atoms with E-state index in [0.717, 1.165) is 15.4 Å². The molecule has 0 aliphatic rings. The maximum Gasteiger partial charge on any atom is 0.301 e. The number of nitrogens with one attached hydrogen (secondary N) is 1. The predicted molar refractivity (Wildman–Crippen MR) is 72.4 cm³/mol. The molecule has 0 spiro atoms. The van der Waals surface area contributed by atoms with Crippen LogP contribution in [0, 0.1) is 0 Å². The lowest BCUT2D eigenvalue weighted by molar-refractivity contribution is 0.527. The van der Waals surface area contributed by atoms with Crippen LogP contribution in [0.15, 0.2) is 24.8 Å². The number of anilines is 1. The monoisotopic (exact) mass is 274 g/mol. The molecule has 0 unspecified atom stereocenters. The molecule has 0 saturated heterocycles. The zero-order chi connectivity index (χ0) is 13.2. The van der Waals surface area contributed by atoms with Crippen molar-refractivity contribution in [1.29, 1.82) is 0 Å². The summed E-state index contributed by atoms with van der Waals surface area (Å²) in [5.74, 6) is 0. The highest BCUT2D eigenvalue weighted by molar-refractivity contribution is 7.90. The van der Waals surface area contributed by atoms with Gasteiger partial charge in [-0.3, -0.25) is 4.72 Å². The van der Waals surface area contributed by atoms with Gasteiger partial charge in [0.15, 0.2) is 0 Å². The number of hydrogen-bond acceptors (Lipinski definition) is 2. The smallest absolute Gasteiger partial charge is 0.269 e. The van der Waals surface area contributed by atoms with Crippen LogP contribution >= 0.6 is 11.6 Å². The molecule has 6 heteroatoms. The normalized spacial score (nSPS) is 11.6. The standard InChI is InChI=1S/C11H15ClN2O2S/c1-8(2)9-6-5-7-10(11(9)12)13-17(15,16)14(3)4/h5-7,13H,1H2,2-4H3. The van der Waals surface area contributed by atoms with Crippen molar-refractivity contribution in [2.45, 2.75) is 6.92 Å². The van der Waals surface area contributed by atoms with Crippen molar-refractivity contribution in [1.82, 2.24) is 4.31 Å². The van der Waals surface area contributed by atoms with Crippen molar-refractivity contribution in [2.75, 3.05) is 18.8 Å². The van der Waals surface area contributed by atoms with Crippen LogP contribution in [0.2, 0.25) is 5.02 Å². The van der Waals surface area contributed by atoms with Gasteiger partial charge in [-0.05, 0) is 24.1 Å². The number of benzene rings is 1. The fourth-order valence-corrected chi connectivity index (χ4v) is 2.19. The quantitative estimate of drug-likeness (QED) is 0.917. The molecule has 0 fully saturated rings. The Bertz CT molecular complexity index is 538. The molecule has 17 heavy (non-hydrogen) atoms. The molecule has 0 heterocycles. The van der Waals surface area contributed by atoms with Crippen LogP contribution in [0.1, 0.15) is 12.5 Å². The zero-order valence-electron chi connectivity index (χ0n) is 9.99. The topological polar surface area (TPSA) is 49.4 Å². The molecule has 4 nitrogen and oxygen atoms in total. The summed E-state index contributed by atoms with van der Waals surface area (Å²) in [6, 6.07) is 5.12. The number of allylic oxidation sites excluding steroid dienone is 1. The van der Waals surface area contributed by atoms with Crippen LogP contribution in [0.4, 0.5) is 5.69 Å². The Kier molecular flexibility index (Phi) is 4.19. The average Bonchev–Trinajstić information content (AvgIpc) is 2.20. The molecular formula is C11H15ClN2O2S. The van der Waals surface area contributed by atoms with Gasteiger partial charge in [0.2, 0.25) is 0 Å². The molecule has 0 atom stereocenters. The first-order valence-electron chi connectivity index (χ1n) is 4.90. The van der Waals surface area contributed by atoms with Crippen molar-refractivity contribution >= 4 is 33.1 Å². The molecule has 1 rings (SSSR count). The van der Waals surface area contributed by atoms with Gasteiger partial charge in [-0.2, -0.15) is 12.7 Å². The number of nitrogens with zero attached hydrogens (tertiary/aromatic N) is 1. The lowest BCUT2D eigenvalue weighted by Crippen LogP contribution is -2.29. The van der Waals surface area contributed by atoms with Gasteiger partial charge in [0.25, 0.3) is 0 Å². The van der Waals surface area contributed by atoms with E-state index in [4.69, 9.17) is 11.6 Å². The largest absolute Gasteiger partial charge is 0.301 e. The Morgan fingerprint density at radius 1 is 1.41 bits per heavy atom. The lowest BCUT2D eigenvalue weighted by Gasteiger charge is -2.15. The molecule has 0 aromatic heterocycles. The van der Waals surface area contributed by atoms with E-state index in [1.54, 1.807) is 18.2 Å². The van der Waals surface area contributed by atoms with Gasteiger partial charge in [0.05, 0.1) is 10.7 Å². The first-order valence-corrected chi connectivity index (χ1v) is 6.72.